The van der Waals surface area contributed by atoms with Crippen molar-refractivity contribution in [3.63, 3.8) is 0 Å². The van der Waals surface area contributed by atoms with Gasteiger partial charge < -0.3 is 25.6 Å². The number of nitrogens with zero attached hydrogens (tertiary/aromatic N) is 6. The molecule has 282 valence electrons. The highest BCUT2D eigenvalue weighted by Gasteiger charge is 2.35. The summed E-state index contributed by atoms with van der Waals surface area (Å²) >= 11 is 0. The van der Waals surface area contributed by atoms with Gasteiger partial charge >= 0.3 is 0 Å². The quantitative estimate of drug-likeness (QED) is 0.153. The molecule has 2 aromatic heterocycles. The van der Waals surface area contributed by atoms with Crippen LogP contribution in [-0.4, -0.2) is 101 Å². The Morgan fingerprint density at radius 3 is 2.56 bits per heavy atom. The second-order valence-corrected chi connectivity index (χ2v) is 14.7. The maximum absolute atomic E-state index is 15.1. The second kappa shape index (κ2) is 14.8. The molecule has 3 fully saturated rings. The number of ether oxygens (including phenoxy) is 1. The van der Waals surface area contributed by atoms with E-state index >= 15 is 4.39 Å². The average molecular weight is 743 g/mol. The summed E-state index contributed by atoms with van der Waals surface area (Å²) in [5.74, 6) is 0.234. The number of piperidine rings is 1. The highest BCUT2D eigenvalue weighted by molar-refractivity contribution is 6.01. The molecular weight excluding hydrogens is 700 g/mol. The molecule has 0 radical (unpaired) electrons. The van der Waals surface area contributed by atoms with Crippen molar-refractivity contribution < 1.29 is 18.7 Å². The summed E-state index contributed by atoms with van der Waals surface area (Å²) in [6.07, 6.45) is 4.38. The van der Waals surface area contributed by atoms with Gasteiger partial charge in [-0.2, -0.15) is 0 Å². The van der Waals surface area contributed by atoms with E-state index in [0.29, 0.717) is 42.3 Å². The lowest BCUT2D eigenvalue weighted by molar-refractivity contribution is -0.133. The van der Waals surface area contributed by atoms with Crippen molar-refractivity contribution in [2.24, 2.45) is 0 Å². The van der Waals surface area contributed by atoms with Crippen LogP contribution in [0.2, 0.25) is 0 Å². The molecule has 0 bridgehead atoms. The summed E-state index contributed by atoms with van der Waals surface area (Å²) in [5, 5.41) is 13.1. The predicted molar refractivity (Wildman–Crippen MR) is 210 cm³/mol. The van der Waals surface area contributed by atoms with E-state index < -0.39 is 6.04 Å². The molecule has 4 aliphatic rings. The predicted octanol–water partition coefficient (Wildman–Crippen LogP) is 4.91. The smallest absolute Gasteiger partial charge is 0.249 e. The number of nitrogens with one attached hydrogen (secondary N) is 4. The summed E-state index contributed by atoms with van der Waals surface area (Å²) in [7, 11) is 0. The Kier molecular flexibility index (Phi) is 9.36. The van der Waals surface area contributed by atoms with Gasteiger partial charge in [0.25, 0.3) is 0 Å². The van der Waals surface area contributed by atoms with Crippen molar-refractivity contribution >= 4 is 51.4 Å². The summed E-state index contributed by atoms with van der Waals surface area (Å²) < 4.78 is 20.8. The first-order chi connectivity index (χ1) is 26.8. The third-order valence-corrected chi connectivity index (χ3v) is 11.1. The zero-order chi connectivity index (χ0) is 37.5. The first kappa shape index (κ1) is 34.9. The number of rotatable bonds is 9. The van der Waals surface area contributed by atoms with E-state index in [1.54, 1.807) is 12.1 Å². The molecule has 1 atom stereocenters. The van der Waals surface area contributed by atoms with E-state index in [9.17, 15) is 9.59 Å². The molecule has 3 aromatic carbocycles. The van der Waals surface area contributed by atoms with Crippen LogP contribution < -0.4 is 30.9 Å². The second-order valence-electron chi connectivity index (χ2n) is 14.7. The zero-order valence-electron chi connectivity index (χ0n) is 30.6. The first-order valence-electron chi connectivity index (χ1n) is 18.9. The minimum absolute atomic E-state index is 0.272. The van der Waals surface area contributed by atoms with Crippen LogP contribution in [0.15, 0.2) is 73.1 Å². The van der Waals surface area contributed by atoms with Gasteiger partial charge in [-0.25, -0.2) is 19.3 Å². The Morgan fingerprint density at radius 1 is 0.945 bits per heavy atom. The van der Waals surface area contributed by atoms with Crippen molar-refractivity contribution in [3.05, 3.63) is 90.0 Å². The summed E-state index contributed by atoms with van der Waals surface area (Å²) in [6, 6.07) is 19.5. The number of amides is 2. The molecule has 6 heterocycles. The standard InChI is InChI=1S/C41H43FN10O3/c1-25-32(21-44-40-38(25)43-12-17-55-40)27-4-5-28-20-45-41(48-35(28)18-27)47-29-6-2-26(3-7-29)22-50-13-15-51(16-14-50)31-23-52(24-31)36-10-8-30(19-33(36)42)46-34-9-11-37(53)49-39(34)54/h2-8,10,18-21,31,34,43,46H,9,11-17,22-24H2,1H3,(H,45,47,48)(H,49,53,54). The van der Waals surface area contributed by atoms with Gasteiger partial charge in [0, 0.05) is 99.5 Å². The zero-order valence-corrected chi connectivity index (χ0v) is 30.6. The Labute approximate surface area is 318 Å². The lowest BCUT2D eigenvalue weighted by Crippen LogP contribution is -2.63. The van der Waals surface area contributed by atoms with E-state index in [1.807, 2.05) is 18.5 Å². The largest absolute Gasteiger partial charge is 0.474 e. The molecule has 3 saturated heterocycles. The molecule has 9 rings (SSSR count). The van der Waals surface area contributed by atoms with Crippen molar-refractivity contribution in [1.82, 2.24) is 30.1 Å². The van der Waals surface area contributed by atoms with E-state index in [4.69, 9.17) is 9.72 Å². The number of hydrogen-bond acceptors (Lipinski definition) is 12. The summed E-state index contributed by atoms with van der Waals surface area (Å²) in [4.78, 5) is 44.5. The van der Waals surface area contributed by atoms with E-state index in [0.717, 1.165) is 91.3 Å². The lowest BCUT2D eigenvalue weighted by atomic mass is 10.00. The number of benzene rings is 3. The number of imide groups is 1. The molecule has 2 amide bonds. The molecule has 5 aromatic rings. The van der Waals surface area contributed by atoms with Gasteiger partial charge in [-0.3, -0.25) is 24.7 Å². The first-order valence-corrected chi connectivity index (χ1v) is 18.9. The van der Waals surface area contributed by atoms with Gasteiger partial charge in [0.2, 0.25) is 23.6 Å². The maximum atomic E-state index is 15.1. The molecule has 4 aliphatic heterocycles. The number of aromatic nitrogens is 3. The number of halogens is 1. The summed E-state index contributed by atoms with van der Waals surface area (Å²) in [6.45, 7) is 9.82. The highest BCUT2D eigenvalue weighted by Crippen LogP contribution is 2.36. The number of piperazine rings is 1. The van der Waals surface area contributed by atoms with Crippen LogP contribution in [0, 0.1) is 12.7 Å². The Hall–Kier alpha value is -5.86. The number of carbonyl (C=O) groups is 2. The molecule has 4 N–H and O–H groups in total. The van der Waals surface area contributed by atoms with E-state index in [2.05, 4.69) is 89.3 Å². The lowest BCUT2D eigenvalue weighted by Gasteiger charge is -2.49. The van der Waals surface area contributed by atoms with Crippen LogP contribution in [0.5, 0.6) is 5.88 Å². The number of hydrogen-bond donors (Lipinski definition) is 4. The maximum Gasteiger partial charge on any atom is 0.249 e. The van der Waals surface area contributed by atoms with Gasteiger partial charge in [-0.15, -0.1) is 0 Å². The van der Waals surface area contributed by atoms with Gasteiger partial charge in [0.05, 0.1) is 11.2 Å². The van der Waals surface area contributed by atoms with E-state index in [1.165, 1.54) is 11.6 Å². The summed E-state index contributed by atoms with van der Waals surface area (Å²) in [5.41, 5.74) is 8.26. The normalized spacial score (nSPS) is 19.2. The minimum atomic E-state index is -0.540. The van der Waals surface area contributed by atoms with Crippen LogP contribution in [-0.2, 0) is 16.1 Å². The van der Waals surface area contributed by atoms with Crippen molar-refractivity contribution in [3.8, 4) is 17.0 Å². The minimum Gasteiger partial charge on any atom is -0.474 e. The van der Waals surface area contributed by atoms with Crippen LogP contribution >= 0.6 is 0 Å². The monoisotopic (exact) mass is 742 g/mol. The van der Waals surface area contributed by atoms with Crippen LogP contribution in [0.1, 0.15) is 24.0 Å². The third-order valence-electron chi connectivity index (χ3n) is 11.1. The van der Waals surface area contributed by atoms with Crippen LogP contribution in [0.4, 0.5) is 33.1 Å². The topological polar surface area (TPSA) is 140 Å². The highest BCUT2D eigenvalue weighted by atomic mass is 19.1. The number of pyridine rings is 1. The molecule has 14 heteroatoms. The van der Waals surface area contributed by atoms with Crippen LogP contribution in [0.25, 0.3) is 22.0 Å². The van der Waals surface area contributed by atoms with E-state index in [-0.39, 0.29) is 24.1 Å². The molecule has 0 aliphatic carbocycles. The molecule has 1 unspecified atom stereocenters. The fourth-order valence-electron chi connectivity index (χ4n) is 7.90. The fourth-order valence-corrected chi connectivity index (χ4v) is 7.90. The van der Waals surface area contributed by atoms with Gasteiger partial charge in [-0.05, 0) is 66.4 Å². The van der Waals surface area contributed by atoms with Crippen molar-refractivity contribution in [1.29, 1.82) is 0 Å². The Bertz CT molecular complexity index is 2260. The van der Waals surface area contributed by atoms with Crippen molar-refractivity contribution in [2.45, 2.75) is 38.4 Å². The number of anilines is 5. The Balaban J connectivity index is 0.751. The number of fused-ring (bicyclic) bond motifs is 2. The third kappa shape index (κ3) is 7.34. The SMILES string of the molecule is Cc1c(-c2ccc3cnc(Nc4ccc(CN5CCN(C6CN(c7ccc(NC8CCC(=O)NC8=O)cc7F)C6)CC5)cc4)nc3c2)cnc2c1NCCO2. The molecule has 55 heavy (non-hydrogen) atoms. The van der Waals surface area contributed by atoms with Gasteiger partial charge in [0.1, 0.15) is 24.2 Å². The molecular formula is C41H43FN10O3. The fraction of sp³-hybridized carbons (Fsp3) is 0.341. The average Bonchev–Trinajstić information content (AvgIpc) is 3.17. The molecule has 0 saturated carbocycles. The molecule has 13 nitrogen and oxygen atoms in total. The Morgan fingerprint density at radius 2 is 1.76 bits per heavy atom. The van der Waals surface area contributed by atoms with Gasteiger partial charge in [0.15, 0.2) is 0 Å². The van der Waals surface area contributed by atoms with Crippen LogP contribution in [0.3, 0.4) is 0 Å². The van der Waals surface area contributed by atoms with Gasteiger partial charge in [-0.1, -0.05) is 24.3 Å². The van der Waals surface area contributed by atoms with Crippen molar-refractivity contribution in [2.75, 3.05) is 73.3 Å². The number of carbonyl (C=O) groups excluding carboxylic acids is 2. The molecule has 0 spiro atoms.